The summed E-state index contributed by atoms with van der Waals surface area (Å²) in [6, 6.07) is 0. The Morgan fingerprint density at radius 3 is 2.14 bits per heavy atom. The molecule has 8 nitrogen and oxygen atoms in total. The maximum Gasteiger partial charge on any atom is 0.0142 e. The van der Waals surface area contributed by atoms with Gasteiger partial charge in [-0.15, -0.1) is 0 Å². The molecule has 0 aromatic rings. The van der Waals surface area contributed by atoms with E-state index >= 15 is 0 Å². The minimum absolute atomic E-state index is 0.835. The Bertz CT molecular complexity index is 127. The lowest BCUT2D eigenvalue weighted by atomic mass is 9.86. The highest BCUT2D eigenvalue weighted by Crippen LogP contribution is 2.24. The summed E-state index contributed by atoms with van der Waals surface area (Å²) < 4.78 is 0. The summed E-state index contributed by atoms with van der Waals surface area (Å²) >= 11 is 0. The molecule has 0 aliphatic heterocycles. The first-order valence-corrected chi connectivity index (χ1v) is 4.83. The molecular formula is C6H20N8. The Morgan fingerprint density at radius 1 is 0.929 bits per heavy atom. The molecule has 84 valence electrons. The van der Waals surface area contributed by atoms with E-state index in [1.807, 2.05) is 0 Å². The molecule has 0 amide bonds. The first-order chi connectivity index (χ1) is 6.93. The molecule has 1 rings (SSSR count). The number of rotatable bonds is 9. The monoisotopic (exact) mass is 204 g/mol. The molecule has 0 aromatic heterocycles. The van der Waals surface area contributed by atoms with E-state index in [2.05, 4.69) is 44.1 Å². The lowest BCUT2D eigenvalue weighted by Gasteiger charge is -2.25. The lowest BCUT2D eigenvalue weighted by molar-refractivity contribution is 0.233. The Kier molecular flexibility index (Phi) is 6.74. The fourth-order valence-electron chi connectivity index (χ4n) is 1.12. The van der Waals surface area contributed by atoms with Gasteiger partial charge in [0.2, 0.25) is 0 Å². The molecule has 1 fully saturated rings. The Labute approximate surface area is 83.7 Å². The minimum Gasteiger partial charge on any atom is -0.246 e. The maximum absolute atomic E-state index is 3.05. The van der Waals surface area contributed by atoms with Gasteiger partial charge in [-0.05, 0) is 25.8 Å². The average molecular weight is 204 g/mol. The molecule has 8 N–H and O–H groups in total. The lowest BCUT2D eigenvalue weighted by Crippen LogP contribution is -2.62. The maximum atomic E-state index is 3.05. The minimum atomic E-state index is 0.835. The molecule has 1 aliphatic rings. The summed E-state index contributed by atoms with van der Waals surface area (Å²) in [6.07, 6.45) is 4.06. The van der Waals surface area contributed by atoms with Crippen LogP contribution in [-0.4, -0.2) is 13.6 Å². The van der Waals surface area contributed by atoms with Crippen LogP contribution in [0.2, 0.25) is 0 Å². The van der Waals surface area contributed by atoms with Crippen LogP contribution in [0.5, 0.6) is 0 Å². The molecule has 14 heavy (non-hydrogen) atoms. The highest BCUT2D eigenvalue weighted by Gasteiger charge is 2.15. The molecule has 8 heteroatoms. The van der Waals surface area contributed by atoms with Gasteiger partial charge in [0.05, 0.1) is 0 Å². The number of hydrogen-bond donors (Lipinski definition) is 8. The second kappa shape index (κ2) is 8.03. The molecular weight excluding hydrogens is 184 g/mol. The molecule has 1 aliphatic carbocycles. The molecule has 0 saturated heterocycles. The van der Waals surface area contributed by atoms with Crippen molar-refractivity contribution in [1.29, 1.82) is 0 Å². The quantitative estimate of drug-likeness (QED) is 0.155. The van der Waals surface area contributed by atoms with Crippen molar-refractivity contribution in [2.45, 2.75) is 19.3 Å². The summed E-state index contributed by atoms with van der Waals surface area (Å²) in [4.78, 5) is 0. The Morgan fingerprint density at radius 2 is 1.57 bits per heavy atom. The molecule has 0 bridgehead atoms. The first kappa shape index (κ1) is 11.8. The van der Waals surface area contributed by atoms with Crippen LogP contribution in [0.25, 0.3) is 0 Å². The predicted molar refractivity (Wildman–Crippen MR) is 53.2 cm³/mol. The first-order valence-electron chi connectivity index (χ1n) is 4.83. The molecule has 0 spiro atoms. The molecule has 0 atom stereocenters. The van der Waals surface area contributed by atoms with Crippen molar-refractivity contribution >= 4 is 0 Å². The summed E-state index contributed by atoms with van der Waals surface area (Å²) in [5, 5.41) is 0. The zero-order chi connectivity index (χ0) is 10.1. The van der Waals surface area contributed by atoms with Crippen LogP contribution in [0.3, 0.4) is 0 Å². The van der Waals surface area contributed by atoms with Crippen LogP contribution >= 0.6 is 0 Å². The zero-order valence-corrected chi connectivity index (χ0v) is 8.41. The Hall–Kier alpha value is -0.320. The van der Waals surface area contributed by atoms with Gasteiger partial charge in [0.1, 0.15) is 0 Å². The van der Waals surface area contributed by atoms with E-state index in [9.17, 15) is 0 Å². The molecule has 0 heterocycles. The average Bonchev–Trinajstić information content (AvgIpc) is 2.13. The van der Waals surface area contributed by atoms with Gasteiger partial charge >= 0.3 is 0 Å². The van der Waals surface area contributed by atoms with Crippen LogP contribution in [-0.2, 0) is 0 Å². The smallest absolute Gasteiger partial charge is 0.0142 e. The van der Waals surface area contributed by atoms with E-state index in [-0.39, 0.29) is 0 Å². The molecule has 0 radical (unpaired) electrons. The van der Waals surface area contributed by atoms with Gasteiger partial charge < -0.3 is 0 Å². The van der Waals surface area contributed by atoms with E-state index < -0.39 is 0 Å². The third kappa shape index (κ3) is 5.42. The highest BCUT2D eigenvalue weighted by molar-refractivity contribution is 4.70. The van der Waals surface area contributed by atoms with Gasteiger partial charge in [0.15, 0.2) is 0 Å². The van der Waals surface area contributed by atoms with Gasteiger partial charge in [-0.3, -0.25) is 0 Å². The second-order valence-electron chi connectivity index (χ2n) is 3.18. The van der Waals surface area contributed by atoms with E-state index in [0.29, 0.717) is 0 Å². The normalized spacial score (nSPS) is 16.9. The van der Waals surface area contributed by atoms with Crippen molar-refractivity contribution in [2.75, 3.05) is 13.6 Å². The largest absolute Gasteiger partial charge is 0.246 e. The fourth-order valence-corrected chi connectivity index (χ4v) is 1.12. The Balaban J connectivity index is 1.67. The molecule has 0 aromatic carbocycles. The van der Waals surface area contributed by atoms with Crippen molar-refractivity contribution in [3.8, 4) is 0 Å². The van der Waals surface area contributed by atoms with Gasteiger partial charge in [0, 0.05) is 6.54 Å². The second-order valence-corrected chi connectivity index (χ2v) is 3.18. The predicted octanol–water partition coefficient (Wildman–Crippen LogP) is -2.46. The van der Waals surface area contributed by atoms with Crippen molar-refractivity contribution in [2.24, 2.45) is 5.92 Å². The summed E-state index contributed by atoms with van der Waals surface area (Å²) in [7, 11) is 1.75. The van der Waals surface area contributed by atoms with Crippen LogP contribution in [0.1, 0.15) is 19.3 Å². The van der Waals surface area contributed by atoms with Crippen molar-refractivity contribution in [1.82, 2.24) is 44.1 Å². The van der Waals surface area contributed by atoms with Gasteiger partial charge in [0.25, 0.3) is 0 Å². The van der Waals surface area contributed by atoms with E-state index in [0.717, 1.165) is 12.5 Å². The van der Waals surface area contributed by atoms with Crippen molar-refractivity contribution in [3.05, 3.63) is 0 Å². The van der Waals surface area contributed by atoms with Gasteiger partial charge in [-0.1, -0.05) is 6.42 Å². The third-order valence-electron chi connectivity index (χ3n) is 2.14. The standard InChI is InChI=1S/C6H20N8/c1-7-9-11-13-14-12-10-8-5-6-3-2-4-6/h6-14H,2-5H2,1H3. The van der Waals surface area contributed by atoms with Crippen LogP contribution in [0, 0.1) is 5.92 Å². The van der Waals surface area contributed by atoms with Gasteiger partial charge in [-0.2, -0.15) is 33.2 Å². The highest BCUT2D eigenvalue weighted by atomic mass is 15.9. The molecule has 0 unspecified atom stereocenters. The molecule has 1 saturated carbocycles. The third-order valence-corrected chi connectivity index (χ3v) is 2.14. The summed E-state index contributed by atoms with van der Waals surface area (Å²) in [5.41, 5.74) is 21.7. The summed E-state index contributed by atoms with van der Waals surface area (Å²) in [6.45, 7) is 0.997. The van der Waals surface area contributed by atoms with E-state index in [1.165, 1.54) is 19.3 Å². The SMILES string of the molecule is CNNNNNNNNCC1CCC1. The summed E-state index contributed by atoms with van der Waals surface area (Å²) in [5.74, 6) is 0.835. The van der Waals surface area contributed by atoms with Gasteiger partial charge in [-0.25, -0.2) is 10.9 Å². The number of hydrogen-bond acceptors (Lipinski definition) is 8. The number of nitrogens with one attached hydrogen (secondary N) is 8. The van der Waals surface area contributed by atoms with Crippen LogP contribution < -0.4 is 44.1 Å². The van der Waals surface area contributed by atoms with E-state index in [4.69, 9.17) is 0 Å². The zero-order valence-electron chi connectivity index (χ0n) is 8.41. The topological polar surface area (TPSA) is 96.2 Å². The van der Waals surface area contributed by atoms with Crippen molar-refractivity contribution in [3.63, 3.8) is 0 Å². The van der Waals surface area contributed by atoms with Crippen molar-refractivity contribution < 1.29 is 0 Å². The van der Waals surface area contributed by atoms with Crippen LogP contribution in [0.15, 0.2) is 0 Å². The fraction of sp³-hybridized carbons (Fsp3) is 1.00. The number of hydrazine groups is 7. The van der Waals surface area contributed by atoms with E-state index in [1.54, 1.807) is 7.05 Å². The van der Waals surface area contributed by atoms with Crippen LogP contribution in [0.4, 0.5) is 0 Å².